The minimum absolute atomic E-state index is 0.370. The van der Waals surface area contributed by atoms with E-state index >= 15 is 0 Å². The van der Waals surface area contributed by atoms with Gasteiger partial charge in [0, 0.05) is 25.0 Å². The molecule has 1 aromatic heterocycles. The van der Waals surface area contributed by atoms with E-state index in [1.54, 1.807) is 43.6 Å². The number of anilines is 2. The summed E-state index contributed by atoms with van der Waals surface area (Å²) in [7, 11) is 1.56. The molecule has 26 heavy (non-hydrogen) atoms. The molecule has 3 heterocycles. The molecule has 1 atom stereocenters. The normalized spacial score (nSPS) is 20.8. The first kappa shape index (κ1) is 16.2. The molecule has 134 valence electrons. The first-order valence-electron chi connectivity index (χ1n) is 8.12. The third-order valence-corrected chi connectivity index (χ3v) is 4.33. The van der Waals surface area contributed by atoms with Gasteiger partial charge in [-0.2, -0.15) is 0 Å². The number of carbonyl (C=O) groups is 2. The molecule has 0 saturated carbocycles. The van der Waals surface area contributed by atoms with Crippen molar-refractivity contribution in [3.8, 4) is 17.2 Å². The maximum absolute atomic E-state index is 12.8. The van der Waals surface area contributed by atoms with Crippen LogP contribution in [0.2, 0.25) is 0 Å². The monoisotopic (exact) mass is 355 g/mol. The van der Waals surface area contributed by atoms with Gasteiger partial charge < -0.3 is 19.5 Å². The van der Waals surface area contributed by atoms with E-state index in [0.29, 0.717) is 42.0 Å². The molecule has 0 spiro atoms. The number of likely N-dealkylation sites (N-methyl/N-ethyl adjacent to an activating group) is 1. The van der Waals surface area contributed by atoms with Gasteiger partial charge in [-0.1, -0.05) is 0 Å². The largest absolute Gasteiger partial charge is 0.486 e. The summed E-state index contributed by atoms with van der Waals surface area (Å²) in [5.74, 6) is 0.822. The van der Waals surface area contributed by atoms with Crippen molar-refractivity contribution in [3.63, 3.8) is 0 Å². The smallest absolute Gasteiger partial charge is 0.281 e. The van der Waals surface area contributed by atoms with Crippen molar-refractivity contribution in [2.75, 3.05) is 30.5 Å². The van der Waals surface area contributed by atoms with Gasteiger partial charge in [0.15, 0.2) is 23.1 Å². The van der Waals surface area contributed by atoms with E-state index in [2.05, 4.69) is 10.3 Å². The molecule has 0 radical (unpaired) electrons. The van der Waals surface area contributed by atoms with Crippen molar-refractivity contribution in [3.05, 3.63) is 36.5 Å². The van der Waals surface area contributed by atoms with E-state index in [0.717, 1.165) is 0 Å². The fraction of sp³-hybridized carbons (Fsp3) is 0.278. The summed E-state index contributed by atoms with van der Waals surface area (Å²) >= 11 is 0. The molecular formula is C18H17N3O5. The molecule has 2 aromatic rings. The molecule has 8 heteroatoms. The number of hydrogen-bond acceptors (Lipinski definition) is 6. The summed E-state index contributed by atoms with van der Waals surface area (Å²) in [6.07, 6.45) is 1.56. The van der Waals surface area contributed by atoms with Crippen molar-refractivity contribution < 1.29 is 23.8 Å². The summed E-state index contributed by atoms with van der Waals surface area (Å²) in [6.45, 7) is 2.37. The van der Waals surface area contributed by atoms with E-state index in [-0.39, 0.29) is 0 Å². The minimum atomic E-state index is -1.71. The summed E-state index contributed by atoms with van der Waals surface area (Å²) in [5.41, 5.74) is -1.23. The van der Waals surface area contributed by atoms with Crippen LogP contribution in [0.25, 0.3) is 0 Å². The van der Waals surface area contributed by atoms with E-state index in [1.165, 1.54) is 11.8 Å². The molecule has 0 saturated heterocycles. The second-order valence-corrected chi connectivity index (χ2v) is 6.14. The molecule has 0 aliphatic carbocycles. The van der Waals surface area contributed by atoms with Crippen LogP contribution in [-0.4, -0.2) is 42.7 Å². The van der Waals surface area contributed by atoms with Gasteiger partial charge in [-0.15, -0.1) is 0 Å². The SMILES string of the molecule is CN1C(=O)[C@@](C)(C(=O)Nc2ccc3c(c2)OCCO3)Oc2cccnc21. The highest BCUT2D eigenvalue weighted by Gasteiger charge is 2.50. The third-order valence-electron chi connectivity index (χ3n) is 4.33. The van der Waals surface area contributed by atoms with Crippen LogP contribution in [0.3, 0.4) is 0 Å². The van der Waals surface area contributed by atoms with Crippen LogP contribution in [0.4, 0.5) is 11.5 Å². The molecule has 1 N–H and O–H groups in total. The maximum atomic E-state index is 12.8. The fourth-order valence-corrected chi connectivity index (χ4v) is 2.91. The molecule has 0 unspecified atom stereocenters. The quantitative estimate of drug-likeness (QED) is 0.823. The zero-order valence-electron chi connectivity index (χ0n) is 14.3. The van der Waals surface area contributed by atoms with Gasteiger partial charge in [0.1, 0.15) is 13.2 Å². The Balaban J connectivity index is 1.60. The second-order valence-electron chi connectivity index (χ2n) is 6.14. The van der Waals surface area contributed by atoms with Crippen molar-refractivity contribution in [1.82, 2.24) is 4.98 Å². The standard InChI is InChI=1S/C18H17N3O5/c1-18(17(23)21(2)15-13(26-18)4-3-7-19-15)16(22)20-11-5-6-12-14(10-11)25-9-8-24-12/h3-7,10H,8-9H2,1-2H3,(H,20,22)/t18-/m1/s1. The van der Waals surface area contributed by atoms with Crippen molar-refractivity contribution in [1.29, 1.82) is 0 Å². The van der Waals surface area contributed by atoms with E-state index in [1.807, 2.05) is 0 Å². The van der Waals surface area contributed by atoms with Gasteiger partial charge in [-0.25, -0.2) is 4.98 Å². The molecular weight excluding hydrogens is 338 g/mol. The lowest BCUT2D eigenvalue weighted by Gasteiger charge is -2.36. The number of carbonyl (C=O) groups excluding carboxylic acids is 2. The Morgan fingerprint density at radius 2 is 1.96 bits per heavy atom. The van der Waals surface area contributed by atoms with Crippen LogP contribution >= 0.6 is 0 Å². The Kier molecular flexibility index (Phi) is 3.68. The lowest BCUT2D eigenvalue weighted by Crippen LogP contribution is -2.60. The van der Waals surface area contributed by atoms with Gasteiger partial charge in [-0.05, 0) is 31.2 Å². The van der Waals surface area contributed by atoms with Gasteiger partial charge in [0.25, 0.3) is 17.4 Å². The molecule has 0 bridgehead atoms. The maximum Gasteiger partial charge on any atom is 0.281 e. The van der Waals surface area contributed by atoms with E-state index in [9.17, 15) is 9.59 Å². The van der Waals surface area contributed by atoms with Crippen LogP contribution in [0.15, 0.2) is 36.5 Å². The van der Waals surface area contributed by atoms with Gasteiger partial charge >= 0.3 is 0 Å². The average Bonchev–Trinajstić information content (AvgIpc) is 2.66. The Bertz CT molecular complexity index is 900. The van der Waals surface area contributed by atoms with E-state index in [4.69, 9.17) is 14.2 Å². The minimum Gasteiger partial charge on any atom is -0.486 e. The number of benzene rings is 1. The van der Waals surface area contributed by atoms with Crippen LogP contribution < -0.4 is 24.4 Å². The highest BCUT2D eigenvalue weighted by atomic mass is 16.6. The fourth-order valence-electron chi connectivity index (χ4n) is 2.91. The molecule has 2 aliphatic heterocycles. The zero-order chi connectivity index (χ0) is 18.3. The average molecular weight is 355 g/mol. The van der Waals surface area contributed by atoms with Crippen LogP contribution in [0.5, 0.6) is 17.2 Å². The highest BCUT2D eigenvalue weighted by Crippen LogP contribution is 2.36. The molecule has 8 nitrogen and oxygen atoms in total. The lowest BCUT2D eigenvalue weighted by molar-refractivity contribution is -0.145. The highest BCUT2D eigenvalue weighted by molar-refractivity contribution is 6.19. The predicted octanol–water partition coefficient (Wildman–Crippen LogP) is 1.61. The number of aromatic nitrogens is 1. The number of pyridine rings is 1. The molecule has 4 rings (SSSR count). The first-order valence-corrected chi connectivity index (χ1v) is 8.12. The number of nitrogens with one attached hydrogen (secondary N) is 1. The van der Waals surface area contributed by atoms with Gasteiger partial charge in [-0.3, -0.25) is 14.5 Å². The predicted molar refractivity (Wildman–Crippen MR) is 92.7 cm³/mol. The Morgan fingerprint density at radius 3 is 2.77 bits per heavy atom. The topological polar surface area (TPSA) is 90.0 Å². The second kappa shape index (κ2) is 5.91. The molecule has 2 amide bonds. The third kappa shape index (κ3) is 2.50. The summed E-state index contributed by atoms with van der Waals surface area (Å²) < 4.78 is 16.7. The Morgan fingerprint density at radius 1 is 1.19 bits per heavy atom. The van der Waals surface area contributed by atoms with E-state index < -0.39 is 17.4 Å². The number of hydrogen-bond donors (Lipinski definition) is 1. The number of rotatable bonds is 2. The van der Waals surface area contributed by atoms with Crippen molar-refractivity contribution >= 4 is 23.3 Å². The Labute approximate surface area is 149 Å². The summed E-state index contributed by atoms with van der Waals surface area (Å²) in [4.78, 5) is 31.0. The lowest BCUT2D eigenvalue weighted by atomic mass is 10.0. The van der Waals surface area contributed by atoms with Gasteiger partial charge in [0.05, 0.1) is 0 Å². The van der Waals surface area contributed by atoms with Crippen LogP contribution in [0.1, 0.15) is 6.92 Å². The summed E-state index contributed by atoms with van der Waals surface area (Å²) in [6, 6.07) is 8.40. The number of amides is 2. The first-order chi connectivity index (χ1) is 12.5. The van der Waals surface area contributed by atoms with Crippen molar-refractivity contribution in [2.45, 2.75) is 12.5 Å². The molecule has 0 fully saturated rings. The van der Waals surface area contributed by atoms with Crippen LogP contribution in [0, 0.1) is 0 Å². The number of fused-ring (bicyclic) bond motifs is 2. The van der Waals surface area contributed by atoms with Gasteiger partial charge in [0.2, 0.25) is 0 Å². The Hall–Kier alpha value is -3.29. The van der Waals surface area contributed by atoms with Crippen LogP contribution in [-0.2, 0) is 9.59 Å². The summed E-state index contributed by atoms with van der Waals surface area (Å²) in [5, 5.41) is 2.72. The number of nitrogens with zero attached hydrogens (tertiary/aromatic N) is 2. The molecule has 1 aromatic carbocycles. The van der Waals surface area contributed by atoms with Crippen molar-refractivity contribution in [2.24, 2.45) is 0 Å². The molecule has 2 aliphatic rings. The number of ether oxygens (including phenoxy) is 3. The zero-order valence-corrected chi connectivity index (χ0v) is 14.3.